The van der Waals surface area contributed by atoms with Crippen molar-refractivity contribution in [2.45, 2.75) is 135 Å². The molecule has 0 saturated heterocycles. The molecular weight excluding hydrogens is 1700 g/mol. The Balaban J connectivity index is 0.000000192. The van der Waals surface area contributed by atoms with Crippen molar-refractivity contribution in [1.82, 2.24) is 24.5 Å². The van der Waals surface area contributed by atoms with E-state index in [1.54, 1.807) is 155 Å². The molecule has 4 aliphatic heterocycles. The van der Waals surface area contributed by atoms with Gasteiger partial charge in [0.25, 0.3) is 0 Å². The van der Waals surface area contributed by atoms with Crippen LogP contribution in [0.1, 0.15) is 166 Å². The molecule has 7 aromatic carbocycles. The summed E-state index contributed by atoms with van der Waals surface area (Å²) in [6.45, 7) is 12.3. The molecule has 127 heavy (non-hydrogen) atoms. The second-order valence-electron chi connectivity index (χ2n) is 31.8. The first-order chi connectivity index (χ1) is 61.2. The SMILES string of the molecule is COCCN1C(=O)CC(c2ccc(Cl)cc2)C(C(=O)OCC(=O)c2ccccc2)=C1C.COCCN1C(=O)CC(c2ccc(Cl)cc2)C(C(=O)OCC2CCCCC2)=C1C.COCCN1C(=O)CC(c2ccc(Cl)cc2)C(C(=O)OCCCc2ccccc2)=C1C.COCCN1C(=O)CC(c2ccc(Cl)cc2)C(C(=O)OCc2ccc(OCCCN(C)C)cc2)=C1C. The van der Waals surface area contributed by atoms with E-state index >= 15 is 0 Å². The summed E-state index contributed by atoms with van der Waals surface area (Å²) >= 11 is 24.1. The summed E-state index contributed by atoms with van der Waals surface area (Å²) < 4.78 is 48.8. The Kier molecular flexibility index (Phi) is 40.8. The van der Waals surface area contributed by atoms with Gasteiger partial charge in [-0.05, 0) is 174 Å². The number of Topliss-reactive ketones (excluding diaryl/α,β-unsaturated/α-hetero) is 1. The number of halogens is 4. The zero-order chi connectivity index (χ0) is 91.5. The number of ketones is 1. The van der Waals surface area contributed by atoms with E-state index in [9.17, 15) is 43.2 Å². The van der Waals surface area contributed by atoms with Crippen LogP contribution >= 0.6 is 46.4 Å². The topological polar surface area (TPSA) is 253 Å². The number of ether oxygens (including phenoxy) is 9. The molecule has 23 nitrogen and oxygen atoms in total. The summed E-state index contributed by atoms with van der Waals surface area (Å²) in [5, 5.41) is 2.39. The minimum atomic E-state index is -0.614. The number of allylic oxidation sites excluding steroid dienone is 4. The molecular formula is C100H117Cl4N5O18. The molecule has 1 saturated carbocycles. The third-order valence-corrected chi connectivity index (χ3v) is 23.9. The highest BCUT2D eigenvalue weighted by Gasteiger charge is 2.42. The Morgan fingerprint density at radius 2 is 0.724 bits per heavy atom. The van der Waals surface area contributed by atoms with Crippen LogP contribution in [0.3, 0.4) is 0 Å². The molecule has 4 heterocycles. The average Bonchev–Trinajstić information content (AvgIpc) is 0.795. The molecule has 7 aromatic rings. The van der Waals surface area contributed by atoms with Crippen molar-refractivity contribution in [1.29, 1.82) is 0 Å². The normalized spacial score (nSPS) is 17.3. The lowest BCUT2D eigenvalue weighted by atomic mass is 9.83. The Morgan fingerprint density at radius 3 is 1.09 bits per heavy atom. The van der Waals surface area contributed by atoms with E-state index in [2.05, 4.69) is 17.0 Å². The molecule has 1 aliphatic carbocycles. The van der Waals surface area contributed by atoms with E-state index in [0.717, 1.165) is 72.2 Å². The van der Waals surface area contributed by atoms with Crippen LogP contribution in [0.25, 0.3) is 0 Å². The van der Waals surface area contributed by atoms with Gasteiger partial charge in [-0.1, -0.05) is 187 Å². The highest BCUT2D eigenvalue weighted by molar-refractivity contribution is 6.31. The number of aryl methyl sites for hydroxylation is 1. The van der Waals surface area contributed by atoms with Gasteiger partial charge < -0.3 is 67.1 Å². The highest BCUT2D eigenvalue weighted by Crippen LogP contribution is 2.43. The van der Waals surface area contributed by atoms with Crippen LogP contribution in [0.15, 0.2) is 227 Å². The fraction of sp³-hybridized carbons (Fsp3) is 0.410. The molecule has 4 amide bonds. The standard InChI is InChI=1S/C28H35ClN2O5.C25H28ClNO4.C24H24ClNO5.C23H30ClNO4/c1-20-27(25(22-8-10-23(29)11-9-22)18-26(32)31(20)15-17-34-4)28(33)36-19-21-6-12-24(13-7-21)35-16-5-14-30(2)3;1-18-24(25(29)31-15-6-9-19-7-4-3-5-8-19)22(20-10-12-21(26)13-11-20)17-23(28)27(18)14-16-30-2;1-16-23(24(29)31-15-21(27)18-6-4-3-5-7-18)20(17-8-10-19(25)11-9-17)14-22(28)26(16)12-13-30-2;1-16-22(23(27)29-15-17-6-4-3-5-7-17)20(18-8-10-19(24)11-9-18)14-21(26)25(16)12-13-28-2/h6-13,25H,5,14-19H2,1-4H3;3-5,7-8,10-13,22H,6,9,14-17H2,1-2H3;3-11,20H,12-15H2,1-2H3;8-11,17,20H,3-7,12-15H2,1-2H3. The van der Waals surface area contributed by atoms with Gasteiger partial charge in [0.1, 0.15) is 12.4 Å². The van der Waals surface area contributed by atoms with Crippen LogP contribution in [0, 0.1) is 5.92 Å². The number of carbonyl (C=O) groups excluding carboxylic acids is 9. The fourth-order valence-electron chi connectivity index (χ4n) is 16.0. The number of esters is 4. The Hall–Kier alpha value is -10.3. The first kappa shape index (κ1) is 100. The Labute approximate surface area is 766 Å². The maximum absolute atomic E-state index is 13.4. The summed E-state index contributed by atoms with van der Waals surface area (Å²) in [4.78, 5) is 125. The van der Waals surface area contributed by atoms with Gasteiger partial charge in [0.15, 0.2) is 12.4 Å². The van der Waals surface area contributed by atoms with Crippen LogP contribution in [-0.4, -0.2) is 206 Å². The van der Waals surface area contributed by atoms with Gasteiger partial charge in [0.2, 0.25) is 23.6 Å². The first-order valence-electron chi connectivity index (χ1n) is 42.9. The molecule has 4 atom stereocenters. The molecule has 0 radical (unpaired) electrons. The second-order valence-corrected chi connectivity index (χ2v) is 33.5. The third kappa shape index (κ3) is 29.6. The van der Waals surface area contributed by atoms with Gasteiger partial charge in [-0.25, -0.2) is 19.2 Å². The van der Waals surface area contributed by atoms with Gasteiger partial charge in [-0.3, -0.25) is 24.0 Å². The maximum atomic E-state index is 13.4. The number of hydrogen-bond acceptors (Lipinski definition) is 19. The van der Waals surface area contributed by atoms with Crippen molar-refractivity contribution in [3.63, 3.8) is 0 Å². The summed E-state index contributed by atoms with van der Waals surface area (Å²) in [5.41, 5.74) is 10.3. The van der Waals surface area contributed by atoms with Crippen molar-refractivity contribution in [2.24, 2.45) is 5.92 Å². The maximum Gasteiger partial charge on any atom is 0.336 e. The van der Waals surface area contributed by atoms with Crippen LogP contribution in [-0.2, 0) is 89.3 Å². The number of amides is 4. The van der Waals surface area contributed by atoms with E-state index < -0.39 is 23.8 Å². The third-order valence-electron chi connectivity index (χ3n) is 22.9. The molecule has 0 spiro atoms. The Bertz CT molecular complexity index is 4950. The van der Waals surface area contributed by atoms with Crippen molar-refractivity contribution in [3.05, 3.63) is 286 Å². The summed E-state index contributed by atoms with van der Waals surface area (Å²) in [6.07, 6.45) is 9.15. The average molecular weight is 1820 g/mol. The number of benzene rings is 7. The summed E-state index contributed by atoms with van der Waals surface area (Å²) in [7, 11) is 10.4. The predicted octanol–water partition coefficient (Wildman–Crippen LogP) is 18.1. The van der Waals surface area contributed by atoms with Gasteiger partial charge >= 0.3 is 23.9 Å². The smallest absolute Gasteiger partial charge is 0.336 e. The minimum Gasteiger partial charge on any atom is -0.494 e. The van der Waals surface area contributed by atoms with Crippen LogP contribution in [0.4, 0.5) is 0 Å². The first-order valence-corrected chi connectivity index (χ1v) is 44.4. The molecule has 12 rings (SSSR count). The number of hydrogen-bond donors (Lipinski definition) is 0. The van der Waals surface area contributed by atoms with Gasteiger partial charge in [-0.15, -0.1) is 0 Å². The summed E-state index contributed by atoms with van der Waals surface area (Å²) in [5.74, 6) is -2.58. The van der Waals surface area contributed by atoms with Crippen LogP contribution in [0.2, 0.25) is 20.1 Å². The fourth-order valence-corrected chi connectivity index (χ4v) is 16.6. The zero-order valence-electron chi connectivity index (χ0n) is 74.2. The van der Waals surface area contributed by atoms with Crippen LogP contribution < -0.4 is 4.74 Å². The molecule has 4 unspecified atom stereocenters. The van der Waals surface area contributed by atoms with Crippen molar-refractivity contribution >= 4 is 99.7 Å². The molecule has 678 valence electrons. The van der Waals surface area contributed by atoms with E-state index in [1.165, 1.54) is 29.7 Å². The van der Waals surface area contributed by atoms with Crippen molar-refractivity contribution < 1.29 is 85.8 Å². The van der Waals surface area contributed by atoms with Crippen LogP contribution in [0.5, 0.6) is 5.75 Å². The predicted molar refractivity (Wildman–Crippen MR) is 490 cm³/mol. The minimum absolute atomic E-state index is 0.0108. The van der Waals surface area contributed by atoms with Crippen molar-refractivity contribution in [3.8, 4) is 5.75 Å². The number of methoxy groups -OCH3 is 4. The zero-order valence-corrected chi connectivity index (χ0v) is 77.2. The lowest BCUT2D eigenvalue weighted by Crippen LogP contribution is -2.40. The molecule has 0 bridgehead atoms. The summed E-state index contributed by atoms with van der Waals surface area (Å²) in [6, 6.07) is 55.2. The van der Waals surface area contributed by atoms with Gasteiger partial charge in [0.05, 0.1) is 68.5 Å². The molecule has 5 aliphatic rings. The van der Waals surface area contributed by atoms with E-state index in [-0.39, 0.29) is 92.1 Å². The lowest BCUT2D eigenvalue weighted by molar-refractivity contribution is -0.143. The molecule has 1 fully saturated rings. The van der Waals surface area contributed by atoms with Gasteiger partial charge in [0, 0.05) is 159 Å². The molecule has 0 aromatic heterocycles. The largest absolute Gasteiger partial charge is 0.494 e. The molecule has 0 N–H and O–H groups in total. The quantitative estimate of drug-likeness (QED) is 0.0153. The van der Waals surface area contributed by atoms with Gasteiger partial charge in [-0.2, -0.15) is 0 Å². The van der Waals surface area contributed by atoms with E-state index in [4.69, 9.17) is 89.0 Å². The monoisotopic (exact) mass is 1820 g/mol. The second kappa shape index (κ2) is 51.6. The Morgan fingerprint density at radius 1 is 0.378 bits per heavy atom. The van der Waals surface area contributed by atoms with Crippen molar-refractivity contribution in [2.75, 3.05) is 128 Å². The molecule has 27 heteroatoms. The number of rotatable bonds is 36. The van der Waals surface area contributed by atoms with E-state index in [0.29, 0.717) is 149 Å². The highest BCUT2D eigenvalue weighted by atomic mass is 35.5. The number of carbonyl (C=O) groups is 9. The van der Waals surface area contributed by atoms with E-state index in [1.807, 2.05) is 99.9 Å². The number of nitrogens with zero attached hydrogens (tertiary/aromatic N) is 5. The lowest BCUT2D eigenvalue weighted by Gasteiger charge is -2.34.